The zero-order valence-electron chi connectivity index (χ0n) is 15.5. The minimum Gasteiger partial charge on any atom is -0.483 e. The summed E-state index contributed by atoms with van der Waals surface area (Å²) in [7, 11) is 3.97. The van der Waals surface area contributed by atoms with E-state index in [4.69, 9.17) is 4.74 Å². The third kappa shape index (κ3) is 5.08. The van der Waals surface area contributed by atoms with E-state index in [-0.39, 0.29) is 12.5 Å². The van der Waals surface area contributed by atoms with E-state index in [9.17, 15) is 4.79 Å². The van der Waals surface area contributed by atoms with Crippen LogP contribution >= 0.6 is 0 Å². The lowest BCUT2D eigenvalue weighted by Gasteiger charge is -2.13. The number of hydrazone groups is 1. The number of carbonyl (C=O) groups excluding carboxylic acids is 1. The van der Waals surface area contributed by atoms with Crippen LogP contribution in [0.4, 0.5) is 5.69 Å². The van der Waals surface area contributed by atoms with Gasteiger partial charge in [0.2, 0.25) is 0 Å². The molecular weight excluding hydrogens is 314 g/mol. The van der Waals surface area contributed by atoms with Gasteiger partial charge in [-0.3, -0.25) is 4.79 Å². The van der Waals surface area contributed by atoms with Crippen molar-refractivity contribution >= 4 is 17.8 Å². The third-order valence-electron chi connectivity index (χ3n) is 4.03. The first-order valence-electron chi connectivity index (χ1n) is 8.17. The SMILES string of the molecule is Cc1ccc(C)c(OCC(=O)NN=Cc2ccc(N(C)C)cc2)c1C. The number of benzene rings is 2. The lowest BCUT2D eigenvalue weighted by molar-refractivity contribution is -0.123. The molecule has 2 aromatic rings. The molecule has 0 aromatic heterocycles. The molecule has 0 unspecified atom stereocenters. The molecule has 0 heterocycles. The summed E-state index contributed by atoms with van der Waals surface area (Å²) in [5.41, 5.74) is 7.72. The summed E-state index contributed by atoms with van der Waals surface area (Å²) in [6.07, 6.45) is 1.61. The number of carbonyl (C=O) groups is 1. The molecule has 0 spiro atoms. The fourth-order valence-electron chi connectivity index (χ4n) is 2.35. The number of nitrogens with one attached hydrogen (secondary N) is 1. The molecule has 2 aromatic carbocycles. The molecule has 5 nitrogen and oxygen atoms in total. The maximum absolute atomic E-state index is 11.9. The number of rotatable bonds is 6. The van der Waals surface area contributed by atoms with Crippen LogP contribution in [0.15, 0.2) is 41.5 Å². The van der Waals surface area contributed by atoms with Crippen LogP contribution < -0.4 is 15.1 Å². The highest BCUT2D eigenvalue weighted by Crippen LogP contribution is 2.25. The zero-order valence-corrected chi connectivity index (χ0v) is 15.5. The van der Waals surface area contributed by atoms with Crippen molar-refractivity contribution in [3.63, 3.8) is 0 Å². The Morgan fingerprint density at radius 2 is 1.72 bits per heavy atom. The Balaban J connectivity index is 1.88. The molecule has 0 atom stereocenters. The van der Waals surface area contributed by atoms with Crippen LogP contribution in [0.5, 0.6) is 5.75 Å². The summed E-state index contributed by atoms with van der Waals surface area (Å²) in [6.45, 7) is 5.91. The predicted octanol–water partition coefficient (Wildman–Crippen LogP) is 3.21. The Hall–Kier alpha value is -2.82. The van der Waals surface area contributed by atoms with Gasteiger partial charge in [-0.15, -0.1) is 0 Å². The van der Waals surface area contributed by atoms with Gasteiger partial charge in [0.1, 0.15) is 5.75 Å². The van der Waals surface area contributed by atoms with Gasteiger partial charge in [-0.05, 0) is 55.2 Å². The molecule has 132 valence electrons. The molecule has 0 radical (unpaired) electrons. The van der Waals surface area contributed by atoms with Gasteiger partial charge in [0, 0.05) is 19.8 Å². The Bertz CT molecular complexity index is 765. The monoisotopic (exact) mass is 339 g/mol. The van der Waals surface area contributed by atoms with Crippen molar-refractivity contribution in [1.82, 2.24) is 5.43 Å². The van der Waals surface area contributed by atoms with Gasteiger partial charge in [-0.25, -0.2) is 5.43 Å². The van der Waals surface area contributed by atoms with Gasteiger partial charge in [0.15, 0.2) is 6.61 Å². The van der Waals surface area contributed by atoms with Crippen molar-refractivity contribution in [3.05, 3.63) is 58.7 Å². The van der Waals surface area contributed by atoms with Crippen LogP contribution in [0.1, 0.15) is 22.3 Å². The van der Waals surface area contributed by atoms with Gasteiger partial charge >= 0.3 is 0 Å². The van der Waals surface area contributed by atoms with E-state index in [1.165, 1.54) is 0 Å². The molecule has 0 bridgehead atoms. The van der Waals surface area contributed by atoms with E-state index in [0.29, 0.717) is 0 Å². The van der Waals surface area contributed by atoms with Crippen molar-refractivity contribution in [2.45, 2.75) is 20.8 Å². The average Bonchev–Trinajstić information content (AvgIpc) is 2.59. The first kappa shape index (κ1) is 18.5. The fourth-order valence-corrected chi connectivity index (χ4v) is 2.35. The number of nitrogens with zero attached hydrogens (tertiary/aromatic N) is 2. The highest BCUT2D eigenvalue weighted by atomic mass is 16.5. The second-order valence-electron chi connectivity index (χ2n) is 6.22. The second-order valence-corrected chi connectivity index (χ2v) is 6.22. The summed E-state index contributed by atoms with van der Waals surface area (Å²) in [6, 6.07) is 11.9. The first-order chi connectivity index (χ1) is 11.9. The minimum absolute atomic E-state index is 0.0674. The largest absolute Gasteiger partial charge is 0.483 e. The van der Waals surface area contributed by atoms with E-state index in [1.54, 1.807) is 6.21 Å². The van der Waals surface area contributed by atoms with Gasteiger partial charge in [0.25, 0.3) is 5.91 Å². The van der Waals surface area contributed by atoms with Gasteiger partial charge in [-0.1, -0.05) is 24.3 Å². The average molecular weight is 339 g/mol. The van der Waals surface area contributed by atoms with Gasteiger partial charge in [-0.2, -0.15) is 5.10 Å². The summed E-state index contributed by atoms with van der Waals surface area (Å²) in [4.78, 5) is 13.9. The maximum atomic E-state index is 11.9. The van der Waals surface area contributed by atoms with E-state index in [0.717, 1.165) is 33.7 Å². The number of anilines is 1. The van der Waals surface area contributed by atoms with Crippen molar-refractivity contribution in [2.75, 3.05) is 25.6 Å². The van der Waals surface area contributed by atoms with Crippen LogP contribution in [0.2, 0.25) is 0 Å². The fraction of sp³-hybridized carbons (Fsp3) is 0.300. The lowest BCUT2D eigenvalue weighted by atomic mass is 10.1. The quantitative estimate of drug-likeness (QED) is 0.649. The molecule has 0 aliphatic carbocycles. The smallest absolute Gasteiger partial charge is 0.277 e. The number of hydrogen-bond acceptors (Lipinski definition) is 4. The number of amides is 1. The molecule has 0 saturated carbocycles. The van der Waals surface area contributed by atoms with E-state index < -0.39 is 0 Å². The zero-order chi connectivity index (χ0) is 18.4. The Morgan fingerprint density at radius 3 is 2.36 bits per heavy atom. The van der Waals surface area contributed by atoms with Crippen LogP contribution in [0.25, 0.3) is 0 Å². The van der Waals surface area contributed by atoms with Crippen LogP contribution in [-0.4, -0.2) is 32.8 Å². The van der Waals surface area contributed by atoms with Crippen LogP contribution in [0.3, 0.4) is 0 Å². The molecule has 25 heavy (non-hydrogen) atoms. The van der Waals surface area contributed by atoms with Gasteiger partial charge < -0.3 is 9.64 Å². The summed E-state index contributed by atoms with van der Waals surface area (Å²) >= 11 is 0. The van der Waals surface area contributed by atoms with Crippen LogP contribution in [-0.2, 0) is 4.79 Å². The van der Waals surface area contributed by atoms with Gasteiger partial charge in [0.05, 0.1) is 6.21 Å². The number of aryl methyl sites for hydroxylation is 2. The molecule has 0 saturated heterocycles. The maximum Gasteiger partial charge on any atom is 0.277 e. The van der Waals surface area contributed by atoms with Crippen molar-refractivity contribution in [2.24, 2.45) is 5.10 Å². The normalized spacial score (nSPS) is 10.8. The molecule has 0 aliphatic rings. The van der Waals surface area contributed by atoms with Crippen molar-refractivity contribution in [1.29, 1.82) is 0 Å². The Labute approximate surface area is 149 Å². The highest BCUT2D eigenvalue weighted by molar-refractivity contribution is 5.83. The molecular formula is C20H25N3O2. The highest BCUT2D eigenvalue weighted by Gasteiger charge is 2.08. The number of ether oxygens (including phenoxy) is 1. The summed E-state index contributed by atoms with van der Waals surface area (Å²) in [5.74, 6) is 0.472. The molecule has 2 rings (SSSR count). The number of hydrogen-bond donors (Lipinski definition) is 1. The molecule has 1 N–H and O–H groups in total. The summed E-state index contributed by atoms with van der Waals surface area (Å²) < 4.78 is 5.66. The second kappa shape index (κ2) is 8.33. The van der Waals surface area contributed by atoms with E-state index >= 15 is 0 Å². The lowest BCUT2D eigenvalue weighted by Crippen LogP contribution is -2.25. The molecule has 5 heteroatoms. The minimum atomic E-state index is -0.290. The summed E-state index contributed by atoms with van der Waals surface area (Å²) in [5, 5.41) is 3.97. The van der Waals surface area contributed by atoms with Crippen molar-refractivity contribution < 1.29 is 9.53 Å². The van der Waals surface area contributed by atoms with Crippen molar-refractivity contribution in [3.8, 4) is 5.75 Å². The molecule has 1 amide bonds. The van der Waals surface area contributed by atoms with E-state index in [1.807, 2.05) is 76.2 Å². The topological polar surface area (TPSA) is 53.9 Å². The standard InChI is InChI=1S/C20H25N3O2/c1-14-6-7-15(2)20(16(14)3)25-13-19(24)22-21-12-17-8-10-18(11-9-17)23(4)5/h6-12H,13H2,1-5H3,(H,22,24). The third-order valence-corrected chi connectivity index (χ3v) is 4.03. The van der Waals surface area contributed by atoms with E-state index in [2.05, 4.69) is 10.5 Å². The first-order valence-corrected chi connectivity index (χ1v) is 8.17. The predicted molar refractivity (Wildman–Crippen MR) is 103 cm³/mol. The molecule has 0 aliphatic heterocycles. The Kier molecular flexibility index (Phi) is 6.17. The van der Waals surface area contributed by atoms with Crippen LogP contribution in [0, 0.1) is 20.8 Å². The Morgan fingerprint density at radius 1 is 1.08 bits per heavy atom. The molecule has 0 fully saturated rings.